The number of hydrogen-bond donors (Lipinski definition) is 0. The van der Waals surface area contributed by atoms with Crippen molar-refractivity contribution in [1.29, 1.82) is 0 Å². The Balaban J connectivity index is 1.45. The zero-order valence-electron chi connectivity index (χ0n) is 19.8. The Morgan fingerprint density at radius 1 is 1.09 bits per heavy atom. The molecule has 3 fully saturated rings. The van der Waals surface area contributed by atoms with E-state index in [1.165, 1.54) is 4.90 Å². The molecule has 0 radical (unpaired) electrons. The summed E-state index contributed by atoms with van der Waals surface area (Å²) >= 11 is 0. The second kappa shape index (κ2) is 8.34. The van der Waals surface area contributed by atoms with Crippen LogP contribution in [0.5, 0.6) is 5.75 Å². The summed E-state index contributed by atoms with van der Waals surface area (Å²) in [5, 5.41) is 0. The first-order chi connectivity index (χ1) is 17.0. The number of ketones is 1. The van der Waals surface area contributed by atoms with Crippen molar-refractivity contribution in [3.05, 3.63) is 65.7 Å². The summed E-state index contributed by atoms with van der Waals surface area (Å²) in [5.74, 6) is -1.42. The maximum atomic E-state index is 14.1. The second-order valence-electron chi connectivity index (χ2n) is 9.78. The van der Waals surface area contributed by atoms with E-state index in [-0.39, 0.29) is 36.3 Å². The van der Waals surface area contributed by atoms with E-state index in [0.29, 0.717) is 17.9 Å². The number of likely N-dealkylation sites (tertiary alicyclic amines) is 1. The zero-order valence-corrected chi connectivity index (χ0v) is 19.8. The largest absolute Gasteiger partial charge is 0.497 e. The molecule has 7 nitrogen and oxygen atoms in total. The van der Waals surface area contributed by atoms with Gasteiger partial charge in [0, 0.05) is 23.4 Å². The van der Waals surface area contributed by atoms with E-state index in [4.69, 9.17) is 9.47 Å². The topological polar surface area (TPSA) is 76.1 Å². The Hall–Kier alpha value is -3.45. The number of rotatable bonds is 5. The van der Waals surface area contributed by atoms with Crippen molar-refractivity contribution in [2.24, 2.45) is 11.8 Å². The maximum Gasteiger partial charge on any atom is 0.235 e. The molecule has 2 aromatic carbocycles. The molecule has 2 amide bonds. The van der Waals surface area contributed by atoms with Gasteiger partial charge in [0.2, 0.25) is 11.8 Å². The molecule has 0 bridgehead atoms. The van der Waals surface area contributed by atoms with Gasteiger partial charge in [-0.2, -0.15) is 0 Å². The van der Waals surface area contributed by atoms with Crippen LogP contribution >= 0.6 is 0 Å². The highest BCUT2D eigenvalue weighted by molar-refractivity contribution is 6.14. The number of nitrogens with zero attached hydrogens (tertiary/aromatic N) is 2. The molecule has 0 aliphatic carbocycles. The Morgan fingerprint density at radius 3 is 2.66 bits per heavy atom. The van der Waals surface area contributed by atoms with Crippen molar-refractivity contribution in [2.75, 3.05) is 25.2 Å². The first kappa shape index (κ1) is 22.0. The molecule has 5 atom stereocenters. The SMILES string of the molecule is COc1cccc(C(=O)[C@H]2[C@@H]3C(=O)N(C[C@@H]4CCCO4)C(=O)[C@@H]3[C@H]3C=C(C)c4ccccc4N32)c1. The van der Waals surface area contributed by atoms with Crippen LogP contribution in [-0.4, -0.2) is 60.9 Å². The third kappa shape index (κ3) is 3.32. The van der Waals surface area contributed by atoms with Gasteiger partial charge in [-0.05, 0) is 43.5 Å². The Kier molecular flexibility index (Phi) is 5.25. The van der Waals surface area contributed by atoms with Crippen molar-refractivity contribution in [3.63, 3.8) is 0 Å². The quantitative estimate of drug-likeness (QED) is 0.491. The summed E-state index contributed by atoms with van der Waals surface area (Å²) in [6.07, 6.45) is 3.69. The summed E-state index contributed by atoms with van der Waals surface area (Å²) < 4.78 is 11.1. The lowest BCUT2D eigenvalue weighted by Gasteiger charge is -2.38. The van der Waals surface area contributed by atoms with Gasteiger partial charge in [-0.1, -0.05) is 36.4 Å². The van der Waals surface area contributed by atoms with Gasteiger partial charge in [0.1, 0.15) is 11.8 Å². The molecule has 180 valence electrons. The third-order valence-electron chi connectivity index (χ3n) is 7.88. The lowest BCUT2D eigenvalue weighted by molar-refractivity contribution is -0.142. The molecular formula is C28H28N2O5. The van der Waals surface area contributed by atoms with Crippen molar-refractivity contribution >= 4 is 28.9 Å². The summed E-state index contributed by atoms with van der Waals surface area (Å²) in [4.78, 5) is 45.0. The fourth-order valence-electron chi connectivity index (χ4n) is 6.28. The Labute approximate surface area is 204 Å². The smallest absolute Gasteiger partial charge is 0.235 e. The van der Waals surface area contributed by atoms with E-state index in [2.05, 4.69) is 6.08 Å². The van der Waals surface area contributed by atoms with Crippen LogP contribution in [0.4, 0.5) is 5.69 Å². The lowest BCUT2D eigenvalue weighted by Crippen LogP contribution is -2.49. The molecule has 0 saturated carbocycles. The van der Waals surface area contributed by atoms with E-state index in [1.807, 2.05) is 36.1 Å². The van der Waals surface area contributed by atoms with Gasteiger partial charge in [0.15, 0.2) is 5.78 Å². The van der Waals surface area contributed by atoms with Crippen molar-refractivity contribution in [1.82, 2.24) is 4.90 Å². The fourth-order valence-corrected chi connectivity index (χ4v) is 6.28. The molecule has 0 N–H and O–H groups in total. The minimum Gasteiger partial charge on any atom is -0.497 e. The molecule has 3 saturated heterocycles. The Bertz CT molecular complexity index is 1250. The summed E-state index contributed by atoms with van der Waals surface area (Å²) in [6, 6.07) is 13.8. The number of Topliss-reactive ketones (excluding diaryl/α,β-unsaturated/α-hetero) is 1. The number of hydrogen-bond acceptors (Lipinski definition) is 6. The van der Waals surface area contributed by atoms with Gasteiger partial charge in [-0.15, -0.1) is 0 Å². The first-order valence-electron chi connectivity index (χ1n) is 12.2. The molecule has 4 aliphatic rings. The van der Waals surface area contributed by atoms with Crippen LogP contribution in [0.25, 0.3) is 5.57 Å². The normalized spacial score (nSPS) is 29.1. The number of benzene rings is 2. The zero-order chi connectivity index (χ0) is 24.3. The molecule has 7 heteroatoms. The number of imide groups is 1. The number of allylic oxidation sites excluding steroid dienone is 1. The molecule has 0 aromatic heterocycles. The molecule has 4 aliphatic heterocycles. The minimum atomic E-state index is -0.784. The third-order valence-corrected chi connectivity index (χ3v) is 7.88. The monoisotopic (exact) mass is 472 g/mol. The molecule has 35 heavy (non-hydrogen) atoms. The van der Waals surface area contributed by atoms with Crippen LogP contribution in [-0.2, 0) is 14.3 Å². The number of anilines is 1. The van der Waals surface area contributed by atoms with Gasteiger partial charge in [0.05, 0.1) is 37.6 Å². The highest BCUT2D eigenvalue weighted by atomic mass is 16.5. The molecule has 2 aromatic rings. The van der Waals surface area contributed by atoms with Crippen molar-refractivity contribution in [2.45, 2.75) is 38.0 Å². The number of carbonyl (C=O) groups excluding carboxylic acids is 3. The fraction of sp³-hybridized carbons (Fsp3) is 0.393. The van der Waals surface area contributed by atoms with Crippen LogP contribution in [0.1, 0.15) is 35.7 Å². The van der Waals surface area contributed by atoms with Gasteiger partial charge in [-0.3, -0.25) is 19.3 Å². The summed E-state index contributed by atoms with van der Waals surface area (Å²) in [5.41, 5.74) is 3.42. The molecule has 4 heterocycles. The van der Waals surface area contributed by atoms with Gasteiger partial charge in [0.25, 0.3) is 0 Å². The number of methoxy groups -OCH3 is 1. The number of ether oxygens (including phenoxy) is 2. The first-order valence-corrected chi connectivity index (χ1v) is 12.2. The number of para-hydroxylation sites is 1. The highest BCUT2D eigenvalue weighted by Crippen LogP contribution is 2.50. The summed E-state index contributed by atoms with van der Waals surface area (Å²) in [7, 11) is 1.56. The minimum absolute atomic E-state index is 0.130. The Morgan fingerprint density at radius 2 is 1.89 bits per heavy atom. The van der Waals surface area contributed by atoms with Crippen molar-refractivity contribution in [3.8, 4) is 5.75 Å². The van der Waals surface area contributed by atoms with Gasteiger partial charge < -0.3 is 14.4 Å². The average Bonchev–Trinajstić information content (AvgIpc) is 3.57. The van der Waals surface area contributed by atoms with Gasteiger partial charge in [-0.25, -0.2) is 0 Å². The molecule has 0 spiro atoms. The van der Waals surface area contributed by atoms with E-state index >= 15 is 0 Å². The van der Waals surface area contributed by atoms with Gasteiger partial charge >= 0.3 is 0 Å². The molecule has 6 rings (SSSR count). The average molecular weight is 473 g/mol. The number of amides is 2. The summed E-state index contributed by atoms with van der Waals surface area (Å²) in [6.45, 7) is 2.93. The number of carbonyl (C=O) groups is 3. The molecular weight excluding hydrogens is 444 g/mol. The van der Waals surface area contributed by atoms with E-state index in [9.17, 15) is 14.4 Å². The van der Waals surface area contributed by atoms with Crippen LogP contribution in [0.15, 0.2) is 54.6 Å². The van der Waals surface area contributed by atoms with Crippen molar-refractivity contribution < 1.29 is 23.9 Å². The highest BCUT2D eigenvalue weighted by Gasteiger charge is 2.64. The van der Waals surface area contributed by atoms with E-state index in [1.54, 1.807) is 31.4 Å². The van der Waals surface area contributed by atoms with Crippen LogP contribution in [0.2, 0.25) is 0 Å². The van der Waals surface area contributed by atoms with E-state index in [0.717, 1.165) is 29.7 Å². The predicted octanol–water partition coefficient (Wildman–Crippen LogP) is 3.33. The maximum absolute atomic E-state index is 14.1. The van der Waals surface area contributed by atoms with E-state index < -0.39 is 17.9 Å². The second-order valence-corrected chi connectivity index (χ2v) is 9.78. The predicted molar refractivity (Wildman–Crippen MR) is 130 cm³/mol. The standard InChI is InChI=1S/C28H28N2O5/c1-16-13-22-23-24(28(33)29(27(23)32)15-19-9-6-12-35-19)25(30(22)21-11-4-3-10-20(16)21)26(31)17-7-5-8-18(14-17)34-2/h3-5,7-8,10-11,13-14,19,22-25H,6,9,12,15H2,1-2H3/t19-,22+,23+,24+,25+/m0/s1. The molecule has 0 unspecified atom stereocenters. The van der Waals surface area contributed by atoms with Crippen LogP contribution in [0, 0.1) is 11.8 Å². The van der Waals surface area contributed by atoms with Crippen LogP contribution in [0.3, 0.4) is 0 Å². The lowest BCUT2D eigenvalue weighted by atomic mass is 9.85. The number of fused-ring (bicyclic) bond motifs is 5. The van der Waals surface area contributed by atoms with Crippen LogP contribution < -0.4 is 9.64 Å².